The molecule has 2 rings (SSSR count). The summed E-state index contributed by atoms with van der Waals surface area (Å²) < 4.78 is 32.9. The van der Waals surface area contributed by atoms with Crippen molar-refractivity contribution in [2.24, 2.45) is 0 Å². The van der Waals surface area contributed by atoms with E-state index in [1.54, 1.807) is 0 Å². The van der Waals surface area contributed by atoms with E-state index in [9.17, 15) is 18.1 Å². The molecule has 0 bridgehead atoms. The number of benzene rings is 2. The van der Waals surface area contributed by atoms with Crippen molar-refractivity contribution in [2.45, 2.75) is 4.90 Å². The highest BCUT2D eigenvalue weighted by atomic mass is 32.2. The van der Waals surface area contributed by atoms with Gasteiger partial charge in [-0.15, -0.1) is 0 Å². The second-order valence-corrected chi connectivity index (χ2v) is 4.67. The zero-order valence-corrected chi connectivity index (χ0v) is 9.14. The Hall–Kier alpha value is -2.17. The van der Waals surface area contributed by atoms with Crippen molar-refractivity contribution < 1.29 is 18.1 Å². The highest BCUT2D eigenvalue weighted by Gasteiger charge is 2.13. The van der Waals surface area contributed by atoms with Crippen LogP contribution in [0.4, 0.5) is 5.69 Å². The summed E-state index contributed by atoms with van der Waals surface area (Å²) in [4.78, 5) is 2.31. The molecule has 17 heavy (non-hydrogen) atoms. The summed E-state index contributed by atoms with van der Waals surface area (Å²) in [7, 11) is -4.65. The SMILES string of the molecule is N#[N+]c1ccc2c(S(=O)(=O)[O-])cccc2c1[O-]. The van der Waals surface area contributed by atoms with Crippen LogP contribution in [-0.4, -0.2) is 13.0 Å². The smallest absolute Gasteiger partial charge is 0.378 e. The van der Waals surface area contributed by atoms with Gasteiger partial charge in [-0.2, -0.15) is 0 Å². The molecule has 0 aliphatic rings. The Bertz CT molecular complexity index is 747. The number of rotatable bonds is 1. The largest absolute Gasteiger partial charge is 0.867 e. The molecule has 86 valence electrons. The summed E-state index contributed by atoms with van der Waals surface area (Å²) in [5.74, 6) is -0.629. The van der Waals surface area contributed by atoms with Crippen molar-refractivity contribution in [3.8, 4) is 5.75 Å². The predicted molar refractivity (Wildman–Crippen MR) is 56.1 cm³/mol. The Labute approximate surface area is 96.5 Å². The van der Waals surface area contributed by atoms with Gasteiger partial charge in [0.1, 0.15) is 10.1 Å². The average Bonchev–Trinajstić information content (AvgIpc) is 2.28. The van der Waals surface area contributed by atoms with E-state index in [4.69, 9.17) is 5.39 Å². The van der Waals surface area contributed by atoms with Crippen molar-refractivity contribution in [3.05, 3.63) is 35.3 Å². The van der Waals surface area contributed by atoms with Crippen LogP contribution in [0.2, 0.25) is 0 Å². The fourth-order valence-corrected chi connectivity index (χ4v) is 2.28. The molecule has 0 atom stereocenters. The van der Waals surface area contributed by atoms with Gasteiger partial charge in [0.05, 0.1) is 4.90 Å². The number of fused-ring (bicyclic) bond motifs is 1. The van der Waals surface area contributed by atoms with E-state index in [2.05, 4.69) is 4.98 Å². The second-order valence-electron chi connectivity index (χ2n) is 3.32. The molecular weight excluding hydrogens is 244 g/mol. The topological polar surface area (TPSA) is 108 Å². The minimum absolute atomic E-state index is 0.0252. The van der Waals surface area contributed by atoms with Crippen LogP contribution in [0.3, 0.4) is 0 Å². The van der Waals surface area contributed by atoms with Crippen LogP contribution >= 0.6 is 0 Å². The summed E-state index contributed by atoms with van der Waals surface area (Å²) in [6.45, 7) is 0. The maximum Gasteiger partial charge on any atom is 0.378 e. The van der Waals surface area contributed by atoms with Crippen molar-refractivity contribution in [1.82, 2.24) is 0 Å². The molecule has 0 aliphatic heterocycles. The van der Waals surface area contributed by atoms with Gasteiger partial charge in [0.2, 0.25) is 5.39 Å². The van der Waals surface area contributed by atoms with E-state index in [1.807, 2.05) is 0 Å². The molecule has 0 N–H and O–H groups in total. The van der Waals surface area contributed by atoms with Crippen molar-refractivity contribution in [2.75, 3.05) is 0 Å². The maximum atomic E-state index is 11.7. The number of hydrogen-bond acceptors (Lipinski definition) is 5. The van der Waals surface area contributed by atoms with Gasteiger partial charge in [-0.25, -0.2) is 8.42 Å². The summed E-state index contributed by atoms with van der Waals surface area (Å²) in [6, 6.07) is 6.19. The van der Waals surface area contributed by atoms with E-state index >= 15 is 0 Å². The lowest BCUT2D eigenvalue weighted by Crippen LogP contribution is -2.00. The summed E-state index contributed by atoms with van der Waals surface area (Å²) >= 11 is 0. The third kappa shape index (κ3) is 1.80. The standard InChI is InChI=1S/C10H6N2O4S/c11-12-8-5-4-6-7(10(8)13)2-1-3-9(6)17(14,15)16/h1-5H,(H-,13,14,15,16)/p-1. The van der Waals surface area contributed by atoms with Crippen LogP contribution in [-0.2, 0) is 10.1 Å². The molecule has 2 aromatic rings. The fourth-order valence-electron chi connectivity index (χ4n) is 1.59. The van der Waals surface area contributed by atoms with E-state index in [0.717, 1.165) is 12.1 Å². The quantitative estimate of drug-likeness (QED) is 0.559. The molecule has 7 heteroatoms. The summed E-state index contributed by atoms with van der Waals surface area (Å²) in [6.07, 6.45) is 0. The van der Waals surface area contributed by atoms with E-state index in [0.29, 0.717) is 0 Å². The Morgan fingerprint density at radius 1 is 1.12 bits per heavy atom. The third-order valence-electron chi connectivity index (χ3n) is 2.33. The second kappa shape index (κ2) is 3.69. The first-order valence-electron chi connectivity index (χ1n) is 4.49. The van der Waals surface area contributed by atoms with Gasteiger partial charge in [-0.1, -0.05) is 12.1 Å². The van der Waals surface area contributed by atoms with Gasteiger partial charge in [-0.3, -0.25) is 0 Å². The molecule has 0 unspecified atom stereocenters. The Morgan fingerprint density at radius 3 is 2.41 bits per heavy atom. The molecule has 2 aromatic carbocycles. The first kappa shape index (κ1) is 11.3. The van der Waals surface area contributed by atoms with Crippen LogP contribution < -0.4 is 5.11 Å². The maximum absolute atomic E-state index is 11.7. The summed E-state index contributed by atoms with van der Waals surface area (Å²) in [5.41, 5.74) is -0.210. The lowest BCUT2D eigenvalue weighted by molar-refractivity contribution is -0.264. The van der Waals surface area contributed by atoms with E-state index < -0.39 is 20.8 Å². The molecule has 6 nitrogen and oxygen atoms in total. The van der Waals surface area contributed by atoms with Crippen LogP contribution in [0, 0.1) is 5.39 Å². The van der Waals surface area contributed by atoms with Crippen LogP contribution in [0.25, 0.3) is 15.7 Å². The van der Waals surface area contributed by atoms with Gasteiger partial charge in [0.15, 0.2) is 4.98 Å². The van der Waals surface area contributed by atoms with Crippen molar-refractivity contribution in [1.29, 1.82) is 5.39 Å². The molecule has 0 fully saturated rings. The summed E-state index contributed by atoms with van der Waals surface area (Å²) in [5, 5.41) is 20.3. The molecule has 0 saturated carbocycles. The molecule has 0 aliphatic carbocycles. The van der Waals surface area contributed by atoms with Crippen LogP contribution in [0.15, 0.2) is 35.2 Å². The monoisotopic (exact) mass is 249 g/mol. The highest BCUT2D eigenvalue weighted by molar-refractivity contribution is 7.86. The van der Waals surface area contributed by atoms with E-state index in [-0.39, 0.29) is 16.5 Å². The first-order chi connectivity index (χ1) is 7.95. The fraction of sp³-hybridized carbons (Fsp3) is 0. The van der Waals surface area contributed by atoms with Crippen LogP contribution in [0.5, 0.6) is 5.75 Å². The minimum Gasteiger partial charge on any atom is -0.867 e. The molecule has 0 heterocycles. The minimum atomic E-state index is -4.65. The number of hydrogen-bond donors (Lipinski definition) is 0. The van der Waals surface area contributed by atoms with Gasteiger partial charge >= 0.3 is 5.69 Å². The van der Waals surface area contributed by atoms with Gasteiger partial charge < -0.3 is 9.66 Å². The zero-order valence-electron chi connectivity index (χ0n) is 8.32. The number of diazo groups is 1. The lowest BCUT2D eigenvalue weighted by atomic mass is 10.1. The van der Waals surface area contributed by atoms with Crippen LogP contribution in [0.1, 0.15) is 0 Å². The Morgan fingerprint density at radius 2 is 1.82 bits per heavy atom. The molecule has 0 spiro atoms. The highest BCUT2D eigenvalue weighted by Crippen LogP contribution is 2.34. The van der Waals surface area contributed by atoms with Gasteiger partial charge in [-0.05, 0) is 28.7 Å². The predicted octanol–water partition coefficient (Wildman–Crippen LogP) is 1.30. The number of nitrogens with zero attached hydrogens (tertiary/aromatic N) is 2. The Balaban J connectivity index is 2.96. The van der Waals surface area contributed by atoms with E-state index in [1.165, 1.54) is 18.2 Å². The zero-order chi connectivity index (χ0) is 12.6. The van der Waals surface area contributed by atoms with Crippen molar-refractivity contribution >= 4 is 26.6 Å². The third-order valence-corrected chi connectivity index (χ3v) is 3.22. The normalized spacial score (nSPS) is 11.3. The van der Waals surface area contributed by atoms with Gasteiger partial charge in [0, 0.05) is 6.07 Å². The molecule has 0 amide bonds. The van der Waals surface area contributed by atoms with Crippen molar-refractivity contribution in [3.63, 3.8) is 0 Å². The molecule has 0 radical (unpaired) electrons. The first-order valence-corrected chi connectivity index (χ1v) is 5.89. The van der Waals surface area contributed by atoms with Gasteiger partial charge in [0.25, 0.3) is 0 Å². The molecular formula is C10H5N2O4S-. The molecule has 0 aromatic heterocycles. The molecule has 0 saturated heterocycles. The average molecular weight is 249 g/mol. The lowest BCUT2D eigenvalue weighted by Gasteiger charge is -2.13. The Kier molecular flexibility index (Phi) is 2.46.